The van der Waals surface area contributed by atoms with Crippen molar-refractivity contribution in [2.75, 3.05) is 27.7 Å². The lowest BCUT2D eigenvalue weighted by Gasteiger charge is -2.20. The number of hydrogen-bond donors (Lipinski definition) is 0. The highest BCUT2D eigenvalue weighted by Gasteiger charge is 2.25. The maximum Gasteiger partial charge on any atom is 0.246 e. The second-order valence-electron chi connectivity index (χ2n) is 6.56. The van der Waals surface area contributed by atoms with Gasteiger partial charge in [-0.05, 0) is 24.3 Å². The topological polar surface area (TPSA) is 106 Å². The van der Waals surface area contributed by atoms with E-state index in [1.165, 1.54) is 31.2 Å². The molecule has 0 radical (unpaired) electrons. The largest absolute Gasteiger partial charge is 0.497 e. The van der Waals surface area contributed by atoms with Crippen LogP contribution < -0.4 is 4.74 Å². The van der Waals surface area contributed by atoms with Gasteiger partial charge in [-0.2, -0.15) is 9.29 Å². The molecule has 2 aromatic carbocycles. The Morgan fingerprint density at radius 1 is 1.07 bits per heavy atom. The Morgan fingerprint density at radius 3 is 2.37 bits per heavy atom. The van der Waals surface area contributed by atoms with E-state index in [1.54, 1.807) is 19.2 Å². The van der Waals surface area contributed by atoms with E-state index in [1.807, 2.05) is 30.3 Å². The van der Waals surface area contributed by atoms with Crippen LogP contribution in [-0.4, -0.2) is 61.4 Å². The number of methoxy groups -OCH3 is 1. The molecule has 30 heavy (non-hydrogen) atoms. The smallest absolute Gasteiger partial charge is 0.246 e. The predicted octanol–water partition coefficient (Wildman–Crippen LogP) is 2.02. The van der Waals surface area contributed by atoms with E-state index in [2.05, 4.69) is 10.1 Å². The van der Waals surface area contributed by atoms with Crippen LogP contribution >= 0.6 is 0 Å². The fourth-order valence-electron chi connectivity index (χ4n) is 2.64. The number of likely N-dealkylation sites (N-methyl/N-ethyl adjacent to an activating group) is 2. The van der Waals surface area contributed by atoms with E-state index in [4.69, 9.17) is 9.26 Å². The molecule has 0 saturated carbocycles. The van der Waals surface area contributed by atoms with Crippen molar-refractivity contribution in [3.05, 3.63) is 60.5 Å². The summed E-state index contributed by atoms with van der Waals surface area (Å²) in [5.74, 6) is 0.812. The average Bonchev–Trinajstić information content (AvgIpc) is 3.22. The summed E-state index contributed by atoms with van der Waals surface area (Å²) in [4.78, 5) is 18.2. The highest BCUT2D eigenvalue weighted by Crippen LogP contribution is 2.19. The summed E-state index contributed by atoms with van der Waals surface area (Å²) in [5.41, 5.74) is 0.798. The van der Waals surface area contributed by atoms with Gasteiger partial charge in [-0.25, -0.2) is 8.42 Å². The molecule has 1 aromatic heterocycles. The highest BCUT2D eigenvalue weighted by atomic mass is 32.2. The summed E-state index contributed by atoms with van der Waals surface area (Å²) >= 11 is 0. The normalized spacial score (nSPS) is 11.5. The Balaban J connectivity index is 1.62. The standard InChI is InChI=1S/C20H22N4O5S/c1-23(13-18-21-20(22-29-18)15-7-5-4-6-8-15)19(25)14-24(2)30(26,27)17-11-9-16(28-3)10-12-17/h4-12H,13-14H2,1-3H3. The third kappa shape index (κ3) is 4.84. The van der Waals surface area contributed by atoms with E-state index in [-0.39, 0.29) is 23.9 Å². The van der Waals surface area contributed by atoms with Crippen LogP contribution in [-0.2, 0) is 21.4 Å². The summed E-state index contributed by atoms with van der Waals surface area (Å²) in [5, 5.41) is 3.91. The zero-order valence-corrected chi connectivity index (χ0v) is 17.7. The molecule has 0 saturated heterocycles. The Bertz CT molecular complexity index is 1100. The van der Waals surface area contributed by atoms with Gasteiger partial charge in [-0.3, -0.25) is 4.79 Å². The lowest BCUT2D eigenvalue weighted by Crippen LogP contribution is -2.39. The maximum absolute atomic E-state index is 12.7. The molecule has 0 unspecified atom stereocenters. The first-order chi connectivity index (χ1) is 14.3. The molecule has 0 spiro atoms. The lowest BCUT2D eigenvalue weighted by molar-refractivity contribution is -0.130. The molecule has 0 fully saturated rings. The summed E-state index contributed by atoms with van der Waals surface area (Å²) in [6.07, 6.45) is 0. The minimum Gasteiger partial charge on any atom is -0.497 e. The van der Waals surface area contributed by atoms with Gasteiger partial charge < -0.3 is 14.2 Å². The molecule has 0 aliphatic heterocycles. The Kier molecular flexibility index (Phi) is 6.48. The zero-order valence-electron chi connectivity index (χ0n) is 16.8. The Hall–Kier alpha value is -3.24. The molecule has 0 bridgehead atoms. The number of carbonyl (C=O) groups excluding carboxylic acids is 1. The fraction of sp³-hybridized carbons (Fsp3) is 0.250. The van der Waals surface area contributed by atoms with Crippen molar-refractivity contribution < 1.29 is 22.5 Å². The third-order valence-electron chi connectivity index (χ3n) is 4.42. The lowest BCUT2D eigenvalue weighted by atomic mass is 10.2. The molecule has 3 rings (SSSR count). The van der Waals surface area contributed by atoms with Crippen molar-refractivity contribution in [3.8, 4) is 17.1 Å². The summed E-state index contributed by atoms with van der Waals surface area (Å²) in [6, 6.07) is 15.3. The molecule has 10 heteroatoms. The van der Waals surface area contributed by atoms with Crippen molar-refractivity contribution in [1.29, 1.82) is 0 Å². The Morgan fingerprint density at radius 2 is 1.73 bits per heavy atom. The minimum absolute atomic E-state index is 0.0646. The number of rotatable bonds is 8. The SMILES string of the molecule is COc1ccc(S(=O)(=O)N(C)CC(=O)N(C)Cc2nc(-c3ccccc3)no2)cc1. The van der Waals surface area contributed by atoms with Gasteiger partial charge in [-0.1, -0.05) is 35.5 Å². The Labute approximate surface area is 174 Å². The summed E-state index contributed by atoms with van der Waals surface area (Å²) < 4.78 is 36.6. The molecule has 3 aromatic rings. The average molecular weight is 430 g/mol. The van der Waals surface area contributed by atoms with E-state index in [0.29, 0.717) is 11.6 Å². The number of hydrogen-bond acceptors (Lipinski definition) is 7. The van der Waals surface area contributed by atoms with E-state index < -0.39 is 15.9 Å². The van der Waals surface area contributed by atoms with Crippen LogP contribution in [0.2, 0.25) is 0 Å². The minimum atomic E-state index is -3.82. The number of carbonyl (C=O) groups is 1. The monoisotopic (exact) mass is 430 g/mol. The zero-order chi connectivity index (χ0) is 21.7. The van der Waals surface area contributed by atoms with Gasteiger partial charge in [0.15, 0.2) is 0 Å². The molecule has 0 aliphatic rings. The van der Waals surface area contributed by atoms with Crippen LogP contribution in [0.4, 0.5) is 0 Å². The van der Waals surface area contributed by atoms with Crippen LogP contribution in [0.3, 0.4) is 0 Å². The van der Waals surface area contributed by atoms with Crippen molar-refractivity contribution >= 4 is 15.9 Å². The number of amides is 1. The van der Waals surface area contributed by atoms with Gasteiger partial charge >= 0.3 is 0 Å². The van der Waals surface area contributed by atoms with Gasteiger partial charge in [0.1, 0.15) is 5.75 Å². The molecule has 158 valence electrons. The number of sulfonamides is 1. The van der Waals surface area contributed by atoms with Crippen LogP contribution in [0.25, 0.3) is 11.4 Å². The molecule has 0 aliphatic carbocycles. The first-order valence-electron chi connectivity index (χ1n) is 9.03. The molecular formula is C20H22N4O5S. The van der Waals surface area contributed by atoms with Crippen molar-refractivity contribution in [2.24, 2.45) is 0 Å². The van der Waals surface area contributed by atoms with Crippen LogP contribution in [0, 0.1) is 0 Å². The van der Waals surface area contributed by atoms with E-state index in [0.717, 1.165) is 9.87 Å². The fourth-order valence-corrected chi connectivity index (χ4v) is 3.76. The third-order valence-corrected chi connectivity index (χ3v) is 6.24. The van der Waals surface area contributed by atoms with Gasteiger partial charge in [0.2, 0.25) is 27.6 Å². The summed E-state index contributed by atoms with van der Waals surface area (Å²) in [7, 11) is 0.575. The highest BCUT2D eigenvalue weighted by molar-refractivity contribution is 7.89. The molecule has 1 amide bonds. The van der Waals surface area contributed by atoms with Crippen LogP contribution in [0.15, 0.2) is 64.0 Å². The van der Waals surface area contributed by atoms with Crippen molar-refractivity contribution in [1.82, 2.24) is 19.3 Å². The quantitative estimate of drug-likeness (QED) is 0.538. The number of nitrogens with zero attached hydrogens (tertiary/aromatic N) is 4. The van der Waals surface area contributed by atoms with Gasteiger partial charge in [-0.15, -0.1) is 0 Å². The molecular weight excluding hydrogens is 408 g/mol. The number of ether oxygens (including phenoxy) is 1. The van der Waals surface area contributed by atoms with E-state index in [9.17, 15) is 13.2 Å². The first-order valence-corrected chi connectivity index (χ1v) is 10.5. The van der Waals surface area contributed by atoms with E-state index >= 15 is 0 Å². The molecule has 9 nitrogen and oxygen atoms in total. The van der Waals surface area contributed by atoms with Gasteiger partial charge in [0.25, 0.3) is 0 Å². The van der Waals surface area contributed by atoms with Gasteiger partial charge in [0, 0.05) is 19.7 Å². The molecule has 1 heterocycles. The second kappa shape index (κ2) is 9.06. The van der Waals surface area contributed by atoms with Crippen molar-refractivity contribution in [2.45, 2.75) is 11.4 Å². The number of benzene rings is 2. The summed E-state index contributed by atoms with van der Waals surface area (Å²) in [6.45, 7) is -0.264. The number of aromatic nitrogens is 2. The van der Waals surface area contributed by atoms with Crippen LogP contribution in [0.1, 0.15) is 5.89 Å². The van der Waals surface area contributed by atoms with Crippen LogP contribution in [0.5, 0.6) is 5.75 Å². The van der Waals surface area contributed by atoms with Crippen molar-refractivity contribution in [3.63, 3.8) is 0 Å². The molecule has 0 N–H and O–H groups in total. The van der Waals surface area contributed by atoms with Gasteiger partial charge in [0.05, 0.1) is 25.1 Å². The molecule has 0 atom stereocenters. The maximum atomic E-state index is 12.7. The first kappa shape index (κ1) is 21.5. The second-order valence-corrected chi connectivity index (χ2v) is 8.61. The predicted molar refractivity (Wildman–Crippen MR) is 109 cm³/mol.